The van der Waals surface area contributed by atoms with Gasteiger partial charge in [-0.3, -0.25) is 0 Å². The van der Waals surface area contributed by atoms with Crippen molar-refractivity contribution in [3.63, 3.8) is 0 Å². The van der Waals surface area contributed by atoms with E-state index >= 15 is 0 Å². The van der Waals surface area contributed by atoms with Crippen LogP contribution in [0, 0.1) is 0 Å². The van der Waals surface area contributed by atoms with Crippen molar-refractivity contribution in [3.8, 4) is 5.75 Å². The Morgan fingerprint density at radius 3 is 2.88 bits per heavy atom. The van der Waals surface area contributed by atoms with Gasteiger partial charge in [-0.15, -0.1) is 0 Å². The van der Waals surface area contributed by atoms with Crippen molar-refractivity contribution in [2.45, 2.75) is 26.2 Å². The molecule has 0 saturated carbocycles. The number of nitrogens with zero attached hydrogens (tertiary/aromatic N) is 2. The monoisotopic (exact) mass is 299 g/mol. The molecule has 94 valence electrons. The number of ether oxygens (including phenoxy) is 1. The first-order valence-corrected chi connectivity index (χ1v) is 6.89. The molecule has 0 unspecified atom stereocenters. The summed E-state index contributed by atoms with van der Waals surface area (Å²) in [5.41, 5.74) is 4.36. The molecule has 17 heavy (non-hydrogen) atoms. The predicted octanol–water partition coefficient (Wildman–Crippen LogP) is 3.06. The van der Waals surface area contributed by atoms with E-state index < -0.39 is 0 Å². The number of piperidine rings is 1. The topological polar surface area (TPSA) is 37.4 Å². The summed E-state index contributed by atoms with van der Waals surface area (Å²) in [7, 11) is 0. The third kappa shape index (κ3) is 3.57. The molecule has 2 heterocycles. The number of hydrogen-bond donors (Lipinski definition) is 1. The standard InChI is InChI=1S/C12H18BrN3O/c1-2-17-11-8-10(9-14-12(11)13)15-16-6-4-3-5-7-16/h8-9,15H,2-7H2,1H3. The second-order valence-corrected chi connectivity index (χ2v) is 4.86. The van der Waals surface area contributed by atoms with E-state index in [0.717, 1.165) is 29.1 Å². The summed E-state index contributed by atoms with van der Waals surface area (Å²) in [5.74, 6) is 0.787. The SMILES string of the molecule is CCOc1cc(NN2CCCCC2)cnc1Br. The molecule has 2 rings (SSSR count). The van der Waals surface area contributed by atoms with Crippen molar-refractivity contribution in [3.05, 3.63) is 16.9 Å². The van der Waals surface area contributed by atoms with E-state index in [1.165, 1.54) is 19.3 Å². The van der Waals surface area contributed by atoms with Crippen LogP contribution in [0.25, 0.3) is 0 Å². The van der Waals surface area contributed by atoms with Gasteiger partial charge in [-0.2, -0.15) is 0 Å². The minimum atomic E-state index is 0.646. The molecule has 1 aromatic heterocycles. The summed E-state index contributed by atoms with van der Waals surface area (Å²) in [6.07, 6.45) is 5.67. The van der Waals surface area contributed by atoms with E-state index in [-0.39, 0.29) is 0 Å². The normalized spacial score (nSPS) is 16.8. The highest BCUT2D eigenvalue weighted by atomic mass is 79.9. The van der Waals surface area contributed by atoms with Crippen molar-refractivity contribution in [1.82, 2.24) is 9.99 Å². The van der Waals surface area contributed by atoms with Gasteiger partial charge in [-0.25, -0.2) is 9.99 Å². The number of anilines is 1. The van der Waals surface area contributed by atoms with Gasteiger partial charge in [0.2, 0.25) is 0 Å². The van der Waals surface area contributed by atoms with Crippen molar-refractivity contribution in [1.29, 1.82) is 0 Å². The molecule has 0 aliphatic carbocycles. The molecule has 1 aromatic rings. The predicted molar refractivity (Wildman–Crippen MR) is 72.2 cm³/mol. The fraction of sp³-hybridized carbons (Fsp3) is 0.583. The molecule has 0 atom stereocenters. The van der Waals surface area contributed by atoms with E-state index in [1.807, 2.05) is 19.2 Å². The largest absolute Gasteiger partial charge is 0.491 e. The zero-order valence-electron chi connectivity index (χ0n) is 10.1. The molecule has 0 amide bonds. The Labute approximate surface area is 110 Å². The van der Waals surface area contributed by atoms with Gasteiger partial charge in [-0.05, 0) is 35.7 Å². The van der Waals surface area contributed by atoms with E-state index in [9.17, 15) is 0 Å². The van der Waals surface area contributed by atoms with Crippen LogP contribution in [0.3, 0.4) is 0 Å². The van der Waals surface area contributed by atoms with Crippen LogP contribution < -0.4 is 10.2 Å². The minimum absolute atomic E-state index is 0.646. The molecule has 5 heteroatoms. The van der Waals surface area contributed by atoms with E-state index in [0.29, 0.717) is 6.61 Å². The number of pyridine rings is 1. The van der Waals surface area contributed by atoms with Crippen molar-refractivity contribution < 1.29 is 4.74 Å². The van der Waals surface area contributed by atoms with Gasteiger partial charge in [0.05, 0.1) is 18.5 Å². The molecule has 0 spiro atoms. The van der Waals surface area contributed by atoms with Crippen molar-refractivity contribution >= 4 is 21.6 Å². The van der Waals surface area contributed by atoms with Crippen LogP contribution in [0.1, 0.15) is 26.2 Å². The summed E-state index contributed by atoms with van der Waals surface area (Å²) in [6, 6.07) is 1.98. The van der Waals surface area contributed by atoms with Crippen LogP contribution >= 0.6 is 15.9 Å². The lowest BCUT2D eigenvalue weighted by Gasteiger charge is -2.27. The Hall–Kier alpha value is -0.810. The van der Waals surface area contributed by atoms with Crippen molar-refractivity contribution in [2.75, 3.05) is 25.1 Å². The molecule has 1 N–H and O–H groups in total. The van der Waals surface area contributed by atoms with E-state index in [4.69, 9.17) is 4.74 Å². The van der Waals surface area contributed by atoms with Gasteiger partial charge in [0, 0.05) is 19.2 Å². The number of hydrogen-bond acceptors (Lipinski definition) is 4. The van der Waals surface area contributed by atoms with E-state index in [2.05, 4.69) is 31.3 Å². The van der Waals surface area contributed by atoms with Crippen molar-refractivity contribution in [2.24, 2.45) is 0 Å². The smallest absolute Gasteiger partial charge is 0.154 e. The van der Waals surface area contributed by atoms with Crippen LogP contribution in [0.2, 0.25) is 0 Å². The lowest BCUT2D eigenvalue weighted by molar-refractivity contribution is 0.273. The molecular weight excluding hydrogens is 282 g/mol. The number of rotatable bonds is 4. The second kappa shape index (κ2) is 6.21. The first-order valence-electron chi connectivity index (χ1n) is 6.09. The van der Waals surface area contributed by atoms with Gasteiger partial charge in [0.15, 0.2) is 5.75 Å². The van der Waals surface area contributed by atoms with E-state index in [1.54, 1.807) is 0 Å². The quantitative estimate of drug-likeness (QED) is 0.867. The maximum atomic E-state index is 5.50. The maximum Gasteiger partial charge on any atom is 0.154 e. The van der Waals surface area contributed by atoms with Crippen LogP contribution in [0.15, 0.2) is 16.9 Å². The first kappa shape index (κ1) is 12.6. The number of nitrogens with one attached hydrogen (secondary N) is 1. The fourth-order valence-corrected chi connectivity index (χ4v) is 2.27. The third-order valence-electron chi connectivity index (χ3n) is 2.75. The number of aromatic nitrogens is 1. The van der Waals surface area contributed by atoms with Gasteiger partial charge >= 0.3 is 0 Å². The molecule has 0 aromatic carbocycles. The summed E-state index contributed by atoms with van der Waals surface area (Å²) in [6.45, 7) is 4.81. The highest BCUT2D eigenvalue weighted by Gasteiger charge is 2.11. The lowest BCUT2D eigenvalue weighted by Crippen LogP contribution is -2.34. The molecule has 1 aliphatic heterocycles. The fourth-order valence-electron chi connectivity index (χ4n) is 1.93. The van der Waals surface area contributed by atoms with Crippen LogP contribution in [-0.2, 0) is 0 Å². The summed E-state index contributed by atoms with van der Waals surface area (Å²) < 4.78 is 6.25. The van der Waals surface area contributed by atoms with Gasteiger partial charge in [0.1, 0.15) is 4.60 Å². The highest BCUT2D eigenvalue weighted by molar-refractivity contribution is 9.10. The maximum absolute atomic E-state index is 5.50. The van der Waals surface area contributed by atoms with Gasteiger partial charge in [-0.1, -0.05) is 6.42 Å². The molecule has 0 bridgehead atoms. The summed E-state index contributed by atoms with van der Waals surface area (Å²) in [4.78, 5) is 4.27. The molecule has 0 radical (unpaired) electrons. The third-order valence-corrected chi connectivity index (χ3v) is 3.35. The number of hydrazine groups is 1. The second-order valence-electron chi connectivity index (χ2n) is 4.11. The summed E-state index contributed by atoms with van der Waals surface area (Å²) >= 11 is 3.38. The molecule has 1 aliphatic rings. The Morgan fingerprint density at radius 2 is 2.18 bits per heavy atom. The average molecular weight is 300 g/mol. The van der Waals surface area contributed by atoms with Crippen LogP contribution in [0.5, 0.6) is 5.75 Å². The Morgan fingerprint density at radius 1 is 1.41 bits per heavy atom. The highest BCUT2D eigenvalue weighted by Crippen LogP contribution is 2.26. The Bertz CT molecular complexity index is 367. The molecular formula is C12H18BrN3O. The Kier molecular flexibility index (Phi) is 4.62. The molecule has 1 saturated heterocycles. The average Bonchev–Trinajstić information content (AvgIpc) is 2.35. The zero-order valence-corrected chi connectivity index (χ0v) is 11.7. The van der Waals surface area contributed by atoms with Crippen LogP contribution in [0.4, 0.5) is 5.69 Å². The van der Waals surface area contributed by atoms with Gasteiger partial charge in [0.25, 0.3) is 0 Å². The van der Waals surface area contributed by atoms with Crippen LogP contribution in [-0.4, -0.2) is 29.7 Å². The number of halogens is 1. The minimum Gasteiger partial charge on any atom is -0.491 e. The first-order chi connectivity index (χ1) is 8.29. The Balaban J connectivity index is 2.02. The summed E-state index contributed by atoms with van der Waals surface area (Å²) in [5, 5.41) is 2.24. The molecule has 1 fully saturated rings. The molecule has 4 nitrogen and oxygen atoms in total. The van der Waals surface area contributed by atoms with Gasteiger partial charge < -0.3 is 10.2 Å². The lowest BCUT2D eigenvalue weighted by atomic mass is 10.2. The zero-order chi connectivity index (χ0) is 12.1.